The summed E-state index contributed by atoms with van der Waals surface area (Å²) in [5.74, 6) is -0.559. The van der Waals surface area contributed by atoms with Crippen molar-refractivity contribution >= 4 is 23.3 Å². The summed E-state index contributed by atoms with van der Waals surface area (Å²) < 4.78 is 4.72. The van der Waals surface area contributed by atoms with Gasteiger partial charge in [-0.2, -0.15) is 0 Å². The van der Waals surface area contributed by atoms with E-state index >= 15 is 0 Å². The minimum atomic E-state index is -0.426. The van der Waals surface area contributed by atoms with E-state index in [0.717, 1.165) is 17.8 Å². The summed E-state index contributed by atoms with van der Waals surface area (Å²) in [6.07, 6.45) is 0. The number of anilines is 2. The average Bonchev–Trinajstić information content (AvgIpc) is 2.61. The third-order valence-corrected chi connectivity index (χ3v) is 3.77. The number of nitrogens with one attached hydrogen (secondary N) is 1. The number of esters is 1. The molecule has 5 heteroatoms. The van der Waals surface area contributed by atoms with Crippen LogP contribution in [0.2, 0.25) is 0 Å². The second kappa shape index (κ2) is 8.15. The van der Waals surface area contributed by atoms with Gasteiger partial charge >= 0.3 is 5.97 Å². The van der Waals surface area contributed by atoms with Crippen LogP contribution in [0.3, 0.4) is 0 Å². The maximum absolute atomic E-state index is 12.4. The van der Waals surface area contributed by atoms with Crippen molar-refractivity contribution < 1.29 is 14.3 Å². The van der Waals surface area contributed by atoms with Crippen LogP contribution in [0.25, 0.3) is 0 Å². The molecule has 1 N–H and O–H groups in total. The van der Waals surface area contributed by atoms with Gasteiger partial charge in [0.15, 0.2) is 0 Å². The molecule has 0 saturated carbocycles. The minimum Gasteiger partial charge on any atom is -0.465 e. The molecule has 0 aromatic heterocycles. The molecule has 2 rings (SSSR count). The Labute approximate surface area is 142 Å². The molecule has 0 spiro atoms. The summed E-state index contributed by atoms with van der Waals surface area (Å²) in [4.78, 5) is 26.0. The molecule has 0 aliphatic heterocycles. The Bertz CT molecular complexity index is 714. The lowest BCUT2D eigenvalue weighted by Gasteiger charge is -2.22. The van der Waals surface area contributed by atoms with E-state index in [4.69, 9.17) is 4.74 Å². The van der Waals surface area contributed by atoms with Crippen molar-refractivity contribution in [2.45, 2.75) is 13.8 Å². The Morgan fingerprint density at radius 1 is 1.12 bits per heavy atom. The second-order valence-corrected chi connectivity index (χ2v) is 5.42. The molecular weight excluding hydrogens is 304 g/mol. The van der Waals surface area contributed by atoms with Crippen molar-refractivity contribution in [3.05, 3.63) is 59.7 Å². The van der Waals surface area contributed by atoms with Gasteiger partial charge in [0.2, 0.25) is 5.91 Å². The highest BCUT2D eigenvalue weighted by Crippen LogP contribution is 2.18. The summed E-state index contributed by atoms with van der Waals surface area (Å²) in [5, 5.41) is 2.88. The van der Waals surface area contributed by atoms with Crippen LogP contribution < -0.4 is 10.2 Å². The van der Waals surface area contributed by atoms with Crippen LogP contribution in [-0.2, 0) is 9.53 Å². The summed E-state index contributed by atoms with van der Waals surface area (Å²) in [5.41, 5.74) is 2.91. The number of methoxy groups -OCH3 is 1. The number of rotatable bonds is 6. The molecule has 5 nitrogen and oxygen atoms in total. The van der Waals surface area contributed by atoms with Gasteiger partial charge in [-0.1, -0.05) is 24.3 Å². The first-order valence-corrected chi connectivity index (χ1v) is 7.84. The highest BCUT2D eigenvalue weighted by molar-refractivity contribution is 5.97. The van der Waals surface area contributed by atoms with E-state index < -0.39 is 5.97 Å². The maximum Gasteiger partial charge on any atom is 0.337 e. The first kappa shape index (κ1) is 17.5. The number of amides is 1. The van der Waals surface area contributed by atoms with Crippen molar-refractivity contribution in [1.82, 2.24) is 0 Å². The van der Waals surface area contributed by atoms with Gasteiger partial charge in [-0.05, 0) is 43.7 Å². The summed E-state index contributed by atoms with van der Waals surface area (Å²) in [6, 6.07) is 14.9. The fourth-order valence-corrected chi connectivity index (χ4v) is 2.39. The lowest BCUT2D eigenvalue weighted by molar-refractivity contribution is -0.115. The smallest absolute Gasteiger partial charge is 0.337 e. The molecular formula is C19H22N2O3. The zero-order valence-electron chi connectivity index (χ0n) is 14.2. The number of hydrogen-bond donors (Lipinski definition) is 1. The Kier molecular flexibility index (Phi) is 5.95. The van der Waals surface area contributed by atoms with E-state index in [1.165, 1.54) is 7.11 Å². The number of aryl methyl sites for hydroxylation is 1. The van der Waals surface area contributed by atoms with Gasteiger partial charge in [-0.25, -0.2) is 4.79 Å². The van der Waals surface area contributed by atoms with Gasteiger partial charge in [-0.15, -0.1) is 0 Å². The fraction of sp³-hybridized carbons (Fsp3) is 0.263. The van der Waals surface area contributed by atoms with Crippen LogP contribution in [-0.4, -0.2) is 32.1 Å². The quantitative estimate of drug-likeness (QED) is 0.828. The third-order valence-electron chi connectivity index (χ3n) is 3.77. The van der Waals surface area contributed by atoms with E-state index in [1.807, 2.05) is 49.1 Å². The molecule has 0 saturated heterocycles. The normalized spacial score (nSPS) is 10.1. The van der Waals surface area contributed by atoms with Crippen molar-refractivity contribution in [3.63, 3.8) is 0 Å². The Balaban J connectivity index is 2.10. The Morgan fingerprint density at radius 2 is 1.83 bits per heavy atom. The SMILES string of the molecule is CCN(CC(=O)Nc1cc(C(=O)OC)ccc1C)c1ccccc1. The standard InChI is InChI=1S/C19H22N2O3/c1-4-21(16-8-6-5-7-9-16)13-18(22)20-17-12-15(19(23)24-3)11-10-14(17)2/h5-12H,4,13H2,1-3H3,(H,20,22). The van der Waals surface area contributed by atoms with Gasteiger partial charge in [0, 0.05) is 17.9 Å². The summed E-state index contributed by atoms with van der Waals surface area (Å²) in [7, 11) is 1.33. The molecule has 2 aromatic carbocycles. The first-order chi connectivity index (χ1) is 11.5. The fourth-order valence-electron chi connectivity index (χ4n) is 2.39. The molecule has 0 fully saturated rings. The van der Waals surface area contributed by atoms with Crippen LogP contribution in [0.4, 0.5) is 11.4 Å². The van der Waals surface area contributed by atoms with Crippen molar-refractivity contribution in [2.75, 3.05) is 30.4 Å². The molecule has 0 aliphatic rings. The van der Waals surface area contributed by atoms with Crippen molar-refractivity contribution in [3.8, 4) is 0 Å². The zero-order valence-corrected chi connectivity index (χ0v) is 14.2. The number of nitrogens with zero attached hydrogens (tertiary/aromatic N) is 1. The predicted octanol–water partition coefficient (Wildman–Crippen LogP) is 3.25. The van der Waals surface area contributed by atoms with E-state index in [0.29, 0.717) is 11.3 Å². The summed E-state index contributed by atoms with van der Waals surface area (Å²) in [6.45, 7) is 4.84. The van der Waals surface area contributed by atoms with Gasteiger partial charge in [-0.3, -0.25) is 4.79 Å². The summed E-state index contributed by atoms with van der Waals surface area (Å²) >= 11 is 0. The van der Waals surface area contributed by atoms with Gasteiger partial charge in [0.1, 0.15) is 0 Å². The molecule has 0 bridgehead atoms. The predicted molar refractivity (Wildman–Crippen MR) is 95.5 cm³/mol. The molecule has 0 heterocycles. The maximum atomic E-state index is 12.4. The van der Waals surface area contributed by atoms with E-state index in [2.05, 4.69) is 5.32 Å². The van der Waals surface area contributed by atoms with Gasteiger partial charge in [0.05, 0.1) is 19.2 Å². The molecule has 24 heavy (non-hydrogen) atoms. The number of benzene rings is 2. The van der Waals surface area contributed by atoms with Gasteiger partial charge in [0.25, 0.3) is 0 Å². The molecule has 0 unspecified atom stereocenters. The van der Waals surface area contributed by atoms with Crippen molar-refractivity contribution in [1.29, 1.82) is 0 Å². The number of carbonyl (C=O) groups excluding carboxylic acids is 2. The lowest BCUT2D eigenvalue weighted by Crippen LogP contribution is -2.33. The van der Waals surface area contributed by atoms with Crippen molar-refractivity contribution in [2.24, 2.45) is 0 Å². The topological polar surface area (TPSA) is 58.6 Å². The lowest BCUT2D eigenvalue weighted by atomic mass is 10.1. The average molecular weight is 326 g/mol. The van der Waals surface area contributed by atoms with Crippen LogP contribution in [0.1, 0.15) is 22.8 Å². The molecule has 2 aromatic rings. The molecule has 0 atom stereocenters. The molecule has 0 radical (unpaired) electrons. The van der Waals surface area contributed by atoms with Crippen LogP contribution in [0.5, 0.6) is 0 Å². The van der Waals surface area contributed by atoms with E-state index in [9.17, 15) is 9.59 Å². The van der Waals surface area contributed by atoms with Crippen LogP contribution >= 0.6 is 0 Å². The minimum absolute atomic E-state index is 0.134. The van der Waals surface area contributed by atoms with Gasteiger partial charge < -0.3 is 15.0 Å². The Morgan fingerprint density at radius 3 is 2.46 bits per heavy atom. The number of likely N-dealkylation sites (N-methyl/N-ethyl adjacent to an activating group) is 1. The van der Waals surface area contributed by atoms with E-state index in [1.54, 1.807) is 18.2 Å². The molecule has 126 valence electrons. The zero-order chi connectivity index (χ0) is 17.5. The highest BCUT2D eigenvalue weighted by atomic mass is 16.5. The molecule has 1 amide bonds. The molecule has 0 aliphatic carbocycles. The Hall–Kier alpha value is -2.82. The van der Waals surface area contributed by atoms with Crippen LogP contribution in [0, 0.1) is 6.92 Å². The number of carbonyl (C=O) groups is 2. The van der Waals surface area contributed by atoms with E-state index in [-0.39, 0.29) is 12.5 Å². The highest BCUT2D eigenvalue weighted by Gasteiger charge is 2.13. The number of hydrogen-bond acceptors (Lipinski definition) is 4. The number of para-hydroxylation sites is 1. The van der Waals surface area contributed by atoms with Crippen LogP contribution in [0.15, 0.2) is 48.5 Å². The second-order valence-electron chi connectivity index (χ2n) is 5.42. The third kappa shape index (κ3) is 4.35. The number of ether oxygens (including phenoxy) is 1. The first-order valence-electron chi connectivity index (χ1n) is 7.84. The monoisotopic (exact) mass is 326 g/mol. The largest absolute Gasteiger partial charge is 0.465 e.